The third kappa shape index (κ3) is 6.78. The van der Waals surface area contributed by atoms with Crippen LogP contribution in [0.5, 0.6) is 5.75 Å². The maximum absolute atomic E-state index is 11.5. The quantitative estimate of drug-likeness (QED) is 0.849. The fourth-order valence-corrected chi connectivity index (χ4v) is 2.54. The van der Waals surface area contributed by atoms with Crippen LogP contribution in [0.4, 0.5) is 4.79 Å². The van der Waals surface area contributed by atoms with Gasteiger partial charge in [0.25, 0.3) is 0 Å². The van der Waals surface area contributed by atoms with E-state index in [2.05, 4.69) is 10.0 Å². The number of hydrogen-bond acceptors (Lipinski definition) is 4. The van der Waals surface area contributed by atoms with E-state index in [0.717, 1.165) is 6.26 Å². The standard InChI is InChI=1S/C12H18N2O4S/c1-12(2,14-19(3,16)17)9-13-11(15)18-10-7-5-4-6-8-10/h4-8,14H,9H2,1-3H3,(H,13,15). The number of benzene rings is 1. The maximum Gasteiger partial charge on any atom is 0.412 e. The minimum Gasteiger partial charge on any atom is -0.410 e. The van der Waals surface area contributed by atoms with E-state index in [4.69, 9.17) is 4.74 Å². The SMILES string of the molecule is CC(C)(CNC(=O)Oc1ccccc1)NS(C)(=O)=O. The molecule has 0 spiro atoms. The molecule has 1 aromatic rings. The first-order valence-corrected chi connectivity index (χ1v) is 7.57. The van der Waals surface area contributed by atoms with Crippen molar-refractivity contribution in [2.24, 2.45) is 0 Å². The number of carbonyl (C=O) groups excluding carboxylic acids is 1. The van der Waals surface area contributed by atoms with Crippen LogP contribution in [0.3, 0.4) is 0 Å². The molecule has 19 heavy (non-hydrogen) atoms. The first kappa shape index (κ1) is 15.5. The third-order valence-corrected chi connectivity index (χ3v) is 3.01. The van der Waals surface area contributed by atoms with E-state index in [1.165, 1.54) is 0 Å². The van der Waals surface area contributed by atoms with Crippen LogP contribution < -0.4 is 14.8 Å². The van der Waals surface area contributed by atoms with Gasteiger partial charge in [-0.2, -0.15) is 0 Å². The summed E-state index contributed by atoms with van der Waals surface area (Å²) >= 11 is 0. The Kier molecular flexibility index (Phi) is 4.90. The van der Waals surface area contributed by atoms with Gasteiger partial charge in [0.05, 0.1) is 6.26 Å². The zero-order chi connectivity index (χ0) is 14.5. The van der Waals surface area contributed by atoms with Gasteiger partial charge in [-0.05, 0) is 26.0 Å². The van der Waals surface area contributed by atoms with E-state index >= 15 is 0 Å². The number of nitrogens with one attached hydrogen (secondary N) is 2. The minimum absolute atomic E-state index is 0.117. The van der Waals surface area contributed by atoms with Crippen molar-refractivity contribution < 1.29 is 17.9 Å². The zero-order valence-electron chi connectivity index (χ0n) is 11.1. The van der Waals surface area contributed by atoms with Crippen LogP contribution in [0, 0.1) is 0 Å². The summed E-state index contributed by atoms with van der Waals surface area (Å²) in [5.41, 5.74) is -0.788. The summed E-state index contributed by atoms with van der Waals surface area (Å²) in [6, 6.07) is 8.61. The predicted octanol–water partition coefficient (Wildman–Crippen LogP) is 1.10. The van der Waals surface area contributed by atoms with Crippen LogP contribution in [0.1, 0.15) is 13.8 Å². The Morgan fingerprint density at radius 1 is 1.26 bits per heavy atom. The molecule has 0 bridgehead atoms. The molecule has 1 rings (SSSR count). The molecular formula is C12H18N2O4S. The maximum atomic E-state index is 11.5. The number of sulfonamides is 1. The van der Waals surface area contributed by atoms with Gasteiger partial charge in [0.1, 0.15) is 5.75 Å². The van der Waals surface area contributed by atoms with Crippen molar-refractivity contribution >= 4 is 16.1 Å². The average molecular weight is 286 g/mol. The van der Waals surface area contributed by atoms with Crippen molar-refractivity contribution in [3.8, 4) is 5.75 Å². The predicted molar refractivity (Wildman–Crippen MR) is 72.5 cm³/mol. The van der Waals surface area contributed by atoms with Gasteiger partial charge in [-0.3, -0.25) is 0 Å². The van der Waals surface area contributed by atoms with Gasteiger partial charge in [-0.25, -0.2) is 17.9 Å². The van der Waals surface area contributed by atoms with Crippen molar-refractivity contribution in [1.29, 1.82) is 0 Å². The minimum atomic E-state index is -3.33. The lowest BCUT2D eigenvalue weighted by atomic mass is 10.1. The molecule has 0 radical (unpaired) electrons. The van der Waals surface area contributed by atoms with Crippen molar-refractivity contribution in [3.63, 3.8) is 0 Å². The summed E-state index contributed by atoms with van der Waals surface area (Å²) in [4.78, 5) is 11.5. The summed E-state index contributed by atoms with van der Waals surface area (Å²) < 4.78 is 29.7. The molecule has 0 heterocycles. The van der Waals surface area contributed by atoms with Gasteiger partial charge in [0.2, 0.25) is 10.0 Å². The average Bonchev–Trinajstić information content (AvgIpc) is 2.25. The first-order valence-electron chi connectivity index (χ1n) is 5.68. The number of carbonyl (C=O) groups is 1. The number of rotatable bonds is 5. The van der Waals surface area contributed by atoms with Crippen LogP contribution >= 0.6 is 0 Å². The van der Waals surface area contributed by atoms with Gasteiger partial charge in [-0.15, -0.1) is 0 Å². The molecule has 2 N–H and O–H groups in total. The van der Waals surface area contributed by atoms with E-state index in [1.54, 1.807) is 38.1 Å². The fourth-order valence-electron chi connectivity index (χ4n) is 1.46. The van der Waals surface area contributed by atoms with Gasteiger partial charge in [-0.1, -0.05) is 18.2 Å². The van der Waals surface area contributed by atoms with E-state index in [9.17, 15) is 13.2 Å². The van der Waals surface area contributed by atoms with Crippen molar-refractivity contribution in [1.82, 2.24) is 10.0 Å². The molecule has 0 fully saturated rings. The lowest BCUT2D eigenvalue weighted by Crippen LogP contribution is -2.51. The van der Waals surface area contributed by atoms with Gasteiger partial charge < -0.3 is 10.1 Å². The summed E-state index contributed by atoms with van der Waals surface area (Å²) in [5.74, 6) is 0.425. The summed E-state index contributed by atoms with van der Waals surface area (Å²) in [5, 5.41) is 2.51. The highest BCUT2D eigenvalue weighted by Gasteiger charge is 2.23. The topological polar surface area (TPSA) is 84.5 Å². The Bertz CT molecular complexity index is 526. The molecule has 0 saturated heterocycles. The van der Waals surface area contributed by atoms with Crippen LogP contribution in [0.15, 0.2) is 30.3 Å². The van der Waals surface area contributed by atoms with Gasteiger partial charge >= 0.3 is 6.09 Å². The van der Waals surface area contributed by atoms with E-state index < -0.39 is 21.7 Å². The smallest absolute Gasteiger partial charge is 0.410 e. The number of amides is 1. The van der Waals surface area contributed by atoms with Crippen LogP contribution in [0.25, 0.3) is 0 Å². The van der Waals surface area contributed by atoms with Crippen LogP contribution in [-0.4, -0.2) is 32.9 Å². The number of hydrogen-bond donors (Lipinski definition) is 2. The van der Waals surface area contributed by atoms with E-state index in [1.807, 2.05) is 6.07 Å². The molecule has 0 aromatic heterocycles. The van der Waals surface area contributed by atoms with Crippen LogP contribution in [0.2, 0.25) is 0 Å². The van der Waals surface area contributed by atoms with E-state index in [0.29, 0.717) is 5.75 Å². The molecule has 0 aliphatic carbocycles. The lowest BCUT2D eigenvalue weighted by molar-refractivity contribution is 0.197. The summed E-state index contributed by atoms with van der Waals surface area (Å²) in [6.45, 7) is 3.44. The molecule has 106 valence electrons. The monoisotopic (exact) mass is 286 g/mol. The largest absolute Gasteiger partial charge is 0.412 e. The molecule has 1 aromatic carbocycles. The molecular weight excluding hydrogens is 268 g/mol. The second kappa shape index (κ2) is 6.03. The highest BCUT2D eigenvalue weighted by Crippen LogP contribution is 2.08. The Morgan fingerprint density at radius 3 is 2.37 bits per heavy atom. The van der Waals surface area contributed by atoms with Crippen molar-refractivity contribution in [2.45, 2.75) is 19.4 Å². The molecule has 1 amide bonds. The number of ether oxygens (including phenoxy) is 1. The molecule has 0 aliphatic heterocycles. The fraction of sp³-hybridized carbons (Fsp3) is 0.417. The normalized spacial score (nSPS) is 11.9. The highest BCUT2D eigenvalue weighted by atomic mass is 32.2. The molecule has 0 saturated carbocycles. The molecule has 0 aliphatic rings. The summed E-state index contributed by atoms with van der Waals surface area (Å²) in [6.07, 6.45) is 0.436. The third-order valence-electron chi connectivity index (χ3n) is 2.09. The van der Waals surface area contributed by atoms with Crippen molar-refractivity contribution in [3.05, 3.63) is 30.3 Å². The molecule has 0 unspecified atom stereocenters. The number of para-hydroxylation sites is 1. The Morgan fingerprint density at radius 2 is 1.84 bits per heavy atom. The Hall–Kier alpha value is -1.60. The summed E-state index contributed by atoms with van der Waals surface area (Å²) in [7, 11) is -3.33. The van der Waals surface area contributed by atoms with Gasteiger partial charge in [0, 0.05) is 12.1 Å². The van der Waals surface area contributed by atoms with Gasteiger partial charge in [0.15, 0.2) is 0 Å². The van der Waals surface area contributed by atoms with E-state index in [-0.39, 0.29) is 6.54 Å². The molecule has 7 heteroatoms. The highest BCUT2D eigenvalue weighted by molar-refractivity contribution is 7.88. The lowest BCUT2D eigenvalue weighted by Gasteiger charge is -2.24. The Labute approximate surface area is 113 Å². The Balaban J connectivity index is 2.46. The zero-order valence-corrected chi connectivity index (χ0v) is 12.0. The second-order valence-corrected chi connectivity index (χ2v) is 6.56. The molecule has 0 atom stereocenters. The van der Waals surface area contributed by atoms with Crippen LogP contribution in [-0.2, 0) is 10.0 Å². The molecule has 6 nitrogen and oxygen atoms in total. The first-order chi connectivity index (χ1) is 8.68. The second-order valence-electron chi connectivity index (χ2n) is 4.81. The van der Waals surface area contributed by atoms with Crippen molar-refractivity contribution in [2.75, 3.05) is 12.8 Å².